The van der Waals surface area contributed by atoms with E-state index in [1.54, 1.807) is 18.2 Å². The summed E-state index contributed by atoms with van der Waals surface area (Å²) in [5.41, 5.74) is 0. The highest BCUT2D eigenvalue weighted by atomic mass is 35.5. The van der Waals surface area contributed by atoms with Crippen molar-refractivity contribution in [1.29, 1.82) is 0 Å². The maximum Gasteiger partial charge on any atom is 0.139 e. The van der Waals surface area contributed by atoms with Crippen molar-refractivity contribution in [3.05, 3.63) is 28.2 Å². The Bertz CT molecular complexity index is 404. The summed E-state index contributed by atoms with van der Waals surface area (Å²) in [6.45, 7) is 5.82. The maximum absolute atomic E-state index is 9.84. The topological polar surface area (TPSA) is 50.7 Å². The van der Waals surface area contributed by atoms with Gasteiger partial charge in [0.2, 0.25) is 0 Å². The molecule has 114 valence electrons. The highest BCUT2D eigenvalue weighted by Gasteiger charge is 2.10. The number of hydrogen-bond acceptors (Lipinski definition) is 4. The molecule has 20 heavy (non-hydrogen) atoms. The van der Waals surface area contributed by atoms with Gasteiger partial charge in [0.25, 0.3) is 0 Å². The first-order valence-electron chi connectivity index (χ1n) is 6.60. The van der Waals surface area contributed by atoms with Crippen molar-refractivity contribution in [2.45, 2.75) is 26.0 Å². The minimum atomic E-state index is -0.630. The Balaban J connectivity index is 2.29. The molecule has 1 aromatic carbocycles. The average Bonchev–Trinajstić information content (AvgIpc) is 2.43. The van der Waals surface area contributed by atoms with Crippen molar-refractivity contribution >= 4 is 23.2 Å². The van der Waals surface area contributed by atoms with Gasteiger partial charge >= 0.3 is 0 Å². The van der Waals surface area contributed by atoms with Gasteiger partial charge < -0.3 is 19.9 Å². The molecule has 1 rings (SSSR count). The molecule has 0 aliphatic carbocycles. The van der Waals surface area contributed by atoms with Gasteiger partial charge in [0, 0.05) is 30.3 Å². The smallest absolute Gasteiger partial charge is 0.139 e. The molecule has 2 atom stereocenters. The molecule has 0 aromatic heterocycles. The Morgan fingerprint density at radius 1 is 1.30 bits per heavy atom. The van der Waals surface area contributed by atoms with Gasteiger partial charge in [0.15, 0.2) is 0 Å². The molecule has 0 fully saturated rings. The molecule has 0 heterocycles. The fourth-order valence-electron chi connectivity index (χ4n) is 1.52. The van der Waals surface area contributed by atoms with Crippen LogP contribution in [0.2, 0.25) is 10.0 Å². The summed E-state index contributed by atoms with van der Waals surface area (Å²) in [6.07, 6.45) is -0.630. The lowest BCUT2D eigenvalue weighted by Gasteiger charge is -2.17. The van der Waals surface area contributed by atoms with E-state index in [-0.39, 0.29) is 12.6 Å². The zero-order chi connectivity index (χ0) is 15.0. The third-order valence-corrected chi connectivity index (χ3v) is 3.15. The third-order valence-electron chi connectivity index (χ3n) is 2.60. The second-order valence-corrected chi connectivity index (χ2v) is 5.35. The number of nitrogens with one attached hydrogen (secondary N) is 1. The normalized spacial score (nSPS) is 14.1. The standard InChI is InChI=1S/C14H21Cl2NO3/c1-3-19-8-10(2)17-7-12(18)9-20-14-6-11(15)4-5-13(14)16/h4-6,10,12,17-18H,3,7-9H2,1-2H3. The van der Waals surface area contributed by atoms with Crippen molar-refractivity contribution in [3.63, 3.8) is 0 Å². The molecular weight excluding hydrogens is 301 g/mol. The van der Waals surface area contributed by atoms with Gasteiger partial charge in [-0.2, -0.15) is 0 Å². The summed E-state index contributed by atoms with van der Waals surface area (Å²) in [5, 5.41) is 14.0. The van der Waals surface area contributed by atoms with E-state index in [0.29, 0.717) is 35.6 Å². The van der Waals surface area contributed by atoms with Gasteiger partial charge in [-0.1, -0.05) is 23.2 Å². The number of halogens is 2. The van der Waals surface area contributed by atoms with E-state index in [4.69, 9.17) is 32.7 Å². The van der Waals surface area contributed by atoms with Crippen LogP contribution in [0.4, 0.5) is 0 Å². The molecule has 0 spiro atoms. The second kappa shape index (κ2) is 9.42. The third kappa shape index (κ3) is 6.77. The fourth-order valence-corrected chi connectivity index (χ4v) is 1.86. The predicted octanol–water partition coefficient (Wildman–Crippen LogP) is 2.75. The van der Waals surface area contributed by atoms with E-state index in [2.05, 4.69) is 5.32 Å². The summed E-state index contributed by atoms with van der Waals surface area (Å²) in [4.78, 5) is 0. The predicted molar refractivity (Wildman–Crippen MR) is 81.9 cm³/mol. The van der Waals surface area contributed by atoms with Gasteiger partial charge in [0.1, 0.15) is 18.5 Å². The van der Waals surface area contributed by atoms with Crippen LogP contribution in [-0.4, -0.2) is 43.6 Å². The molecule has 6 heteroatoms. The molecule has 4 nitrogen and oxygen atoms in total. The summed E-state index contributed by atoms with van der Waals surface area (Å²) in [6, 6.07) is 5.15. The fraction of sp³-hybridized carbons (Fsp3) is 0.571. The first-order chi connectivity index (χ1) is 9.52. The van der Waals surface area contributed by atoms with Crippen LogP contribution < -0.4 is 10.1 Å². The Labute approximate surface area is 130 Å². The zero-order valence-corrected chi connectivity index (χ0v) is 13.2. The molecule has 2 N–H and O–H groups in total. The quantitative estimate of drug-likeness (QED) is 0.734. The number of hydrogen-bond donors (Lipinski definition) is 2. The van der Waals surface area contributed by atoms with Crippen LogP contribution in [0.5, 0.6) is 5.75 Å². The van der Waals surface area contributed by atoms with Crippen LogP contribution in [0.1, 0.15) is 13.8 Å². The summed E-state index contributed by atoms with van der Waals surface area (Å²) in [7, 11) is 0. The SMILES string of the molecule is CCOCC(C)NCC(O)COc1cc(Cl)ccc1Cl. The van der Waals surface area contributed by atoms with Gasteiger partial charge in [-0.15, -0.1) is 0 Å². The summed E-state index contributed by atoms with van der Waals surface area (Å²) in [5.74, 6) is 0.473. The summed E-state index contributed by atoms with van der Waals surface area (Å²) >= 11 is 11.8. The molecule has 1 aromatic rings. The van der Waals surface area contributed by atoms with Crippen molar-refractivity contribution in [1.82, 2.24) is 5.32 Å². The van der Waals surface area contributed by atoms with Crippen LogP contribution >= 0.6 is 23.2 Å². The maximum atomic E-state index is 9.84. The first kappa shape index (κ1) is 17.5. The number of benzene rings is 1. The molecule has 0 amide bonds. The Morgan fingerprint density at radius 2 is 2.05 bits per heavy atom. The van der Waals surface area contributed by atoms with Crippen molar-refractivity contribution in [3.8, 4) is 5.75 Å². The lowest BCUT2D eigenvalue weighted by Crippen LogP contribution is -2.38. The van der Waals surface area contributed by atoms with E-state index in [0.717, 1.165) is 0 Å². The number of ether oxygens (including phenoxy) is 2. The van der Waals surface area contributed by atoms with E-state index in [1.807, 2.05) is 13.8 Å². The van der Waals surface area contributed by atoms with Gasteiger partial charge in [0.05, 0.1) is 11.6 Å². The highest BCUT2D eigenvalue weighted by molar-refractivity contribution is 6.34. The molecule has 0 saturated carbocycles. The Kier molecular flexibility index (Phi) is 8.26. The van der Waals surface area contributed by atoms with Crippen molar-refractivity contribution < 1.29 is 14.6 Å². The molecule has 0 saturated heterocycles. The molecule has 0 aliphatic rings. The lowest BCUT2D eigenvalue weighted by atomic mass is 10.3. The van der Waals surface area contributed by atoms with E-state index in [1.165, 1.54) is 0 Å². The van der Waals surface area contributed by atoms with Gasteiger partial charge in [-0.3, -0.25) is 0 Å². The highest BCUT2D eigenvalue weighted by Crippen LogP contribution is 2.27. The van der Waals surface area contributed by atoms with Crippen LogP contribution in [0.25, 0.3) is 0 Å². The largest absolute Gasteiger partial charge is 0.489 e. The minimum Gasteiger partial charge on any atom is -0.489 e. The van der Waals surface area contributed by atoms with Crippen LogP contribution in [0.15, 0.2) is 18.2 Å². The average molecular weight is 322 g/mol. The number of aliphatic hydroxyl groups excluding tert-OH is 1. The molecule has 0 bridgehead atoms. The first-order valence-corrected chi connectivity index (χ1v) is 7.35. The van der Waals surface area contributed by atoms with E-state index < -0.39 is 6.10 Å². The number of rotatable bonds is 9. The van der Waals surface area contributed by atoms with Crippen LogP contribution in [0.3, 0.4) is 0 Å². The lowest BCUT2D eigenvalue weighted by molar-refractivity contribution is 0.0908. The molecule has 2 unspecified atom stereocenters. The molecule has 0 radical (unpaired) electrons. The zero-order valence-electron chi connectivity index (χ0n) is 11.7. The minimum absolute atomic E-state index is 0.147. The van der Waals surface area contributed by atoms with Crippen molar-refractivity contribution in [2.24, 2.45) is 0 Å². The monoisotopic (exact) mass is 321 g/mol. The van der Waals surface area contributed by atoms with E-state index >= 15 is 0 Å². The van der Waals surface area contributed by atoms with Gasteiger partial charge in [-0.25, -0.2) is 0 Å². The number of aliphatic hydroxyl groups is 1. The molecule has 0 aliphatic heterocycles. The van der Waals surface area contributed by atoms with Gasteiger partial charge in [-0.05, 0) is 26.0 Å². The Morgan fingerprint density at radius 3 is 2.75 bits per heavy atom. The van der Waals surface area contributed by atoms with E-state index in [9.17, 15) is 5.11 Å². The van der Waals surface area contributed by atoms with Crippen molar-refractivity contribution in [2.75, 3.05) is 26.4 Å². The Hall–Kier alpha value is -0.520. The molecular formula is C14H21Cl2NO3. The summed E-state index contributed by atoms with van der Waals surface area (Å²) < 4.78 is 10.7. The van der Waals surface area contributed by atoms with Crippen LogP contribution in [0, 0.1) is 0 Å². The van der Waals surface area contributed by atoms with Crippen LogP contribution in [-0.2, 0) is 4.74 Å². The second-order valence-electron chi connectivity index (χ2n) is 4.51.